The molecule has 0 saturated heterocycles. The summed E-state index contributed by atoms with van der Waals surface area (Å²) in [7, 11) is 0. The monoisotopic (exact) mass is 727 g/mol. The number of carboxylic acids is 1. The van der Waals surface area contributed by atoms with Gasteiger partial charge in [-0.15, -0.1) is 0 Å². The predicted octanol–water partition coefficient (Wildman–Crippen LogP) is 9.15. The third-order valence-electron chi connectivity index (χ3n) is 8.22. The largest absolute Gasteiger partial charge is 0.480 e. The quantitative estimate of drug-likeness (QED) is 0.0294. The van der Waals surface area contributed by atoms with Gasteiger partial charge in [0.2, 0.25) is 11.8 Å². The van der Waals surface area contributed by atoms with Gasteiger partial charge in [-0.05, 0) is 89.9 Å². The summed E-state index contributed by atoms with van der Waals surface area (Å²) in [5.74, 6) is -2.44. The van der Waals surface area contributed by atoms with Crippen LogP contribution in [0.3, 0.4) is 0 Å². The molecule has 2 unspecified atom stereocenters. The maximum Gasteiger partial charge on any atom is 0.328 e. The van der Waals surface area contributed by atoms with Gasteiger partial charge in [-0.3, -0.25) is 14.4 Å². The number of unbranched alkanes of at least 4 members (excludes halogenated alkanes) is 8. The number of carbonyl (C=O) groups is 4. The van der Waals surface area contributed by atoms with Crippen molar-refractivity contribution in [1.82, 2.24) is 10.6 Å². The molecule has 0 aliphatic rings. The van der Waals surface area contributed by atoms with Crippen LogP contribution >= 0.6 is 0 Å². The van der Waals surface area contributed by atoms with Crippen LogP contribution in [-0.2, 0) is 23.9 Å². The highest BCUT2D eigenvalue weighted by molar-refractivity contribution is 5.87. The van der Waals surface area contributed by atoms with Gasteiger partial charge in [0.1, 0.15) is 12.1 Å². The van der Waals surface area contributed by atoms with Gasteiger partial charge in [0, 0.05) is 12.8 Å². The fraction of sp³-hybridized carbons (Fsp3) is 0.628. The molecule has 0 fully saturated rings. The van der Waals surface area contributed by atoms with Crippen LogP contribution in [0.2, 0.25) is 0 Å². The van der Waals surface area contributed by atoms with Crippen molar-refractivity contribution in [2.75, 3.05) is 13.2 Å². The van der Waals surface area contributed by atoms with Gasteiger partial charge in [-0.1, -0.05) is 119 Å². The van der Waals surface area contributed by atoms with Crippen LogP contribution in [0.1, 0.15) is 149 Å². The van der Waals surface area contributed by atoms with Crippen LogP contribution in [0.15, 0.2) is 72.9 Å². The maximum absolute atomic E-state index is 12.5. The normalized spacial score (nSPS) is 13.3. The van der Waals surface area contributed by atoms with E-state index in [1.165, 1.54) is 0 Å². The zero-order valence-electron chi connectivity index (χ0n) is 32.3. The number of amides is 2. The highest BCUT2D eigenvalue weighted by Crippen LogP contribution is 2.17. The molecule has 0 aromatic rings. The number of rotatable bonds is 34. The lowest BCUT2D eigenvalue weighted by molar-refractivity contribution is -0.150. The van der Waals surface area contributed by atoms with E-state index in [0.29, 0.717) is 12.8 Å². The first kappa shape index (κ1) is 48.3. The van der Waals surface area contributed by atoms with E-state index in [1.807, 2.05) is 0 Å². The summed E-state index contributed by atoms with van der Waals surface area (Å²) in [6.07, 6.45) is 45.4. The maximum atomic E-state index is 12.5. The average Bonchev–Trinajstić information content (AvgIpc) is 3.12. The molecule has 2 amide bonds. The number of aliphatic hydroxyl groups is 1. The van der Waals surface area contributed by atoms with Crippen LogP contribution in [0.4, 0.5) is 0 Å². The Balaban J connectivity index is 4.00. The molecular formula is C43H70N2O7. The number of aliphatic carboxylic acids is 1. The van der Waals surface area contributed by atoms with E-state index in [4.69, 9.17) is 14.9 Å². The summed E-state index contributed by atoms with van der Waals surface area (Å²) in [6.45, 7) is 3.23. The van der Waals surface area contributed by atoms with Crippen LogP contribution < -0.4 is 10.6 Å². The Bertz CT molecular complexity index is 1110. The number of allylic oxidation sites excluding steroid dienone is 12. The van der Waals surface area contributed by atoms with E-state index in [-0.39, 0.29) is 30.9 Å². The lowest BCUT2D eigenvalue weighted by Crippen LogP contribution is -2.47. The lowest BCUT2D eigenvalue weighted by atomic mass is 10.0. The van der Waals surface area contributed by atoms with Crippen molar-refractivity contribution in [3.8, 4) is 0 Å². The zero-order chi connectivity index (χ0) is 38.3. The summed E-state index contributed by atoms with van der Waals surface area (Å²) in [4.78, 5) is 47.2. The van der Waals surface area contributed by atoms with Crippen molar-refractivity contribution in [1.29, 1.82) is 0 Å². The fourth-order valence-corrected chi connectivity index (χ4v) is 5.19. The van der Waals surface area contributed by atoms with Gasteiger partial charge in [0.05, 0.1) is 13.2 Å². The van der Waals surface area contributed by atoms with Gasteiger partial charge in [-0.25, -0.2) is 4.79 Å². The minimum absolute atomic E-state index is 0.0987. The molecule has 2 atom stereocenters. The van der Waals surface area contributed by atoms with E-state index in [9.17, 15) is 19.2 Å². The van der Waals surface area contributed by atoms with Gasteiger partial charge in [-0.2, -0.15) is 0 Å². The molecule has 0 aliphatic heterocycles. The van der Waals surface area contributed by atoms with Crippen molar-refractivity contribution in [3.63, 3.8) is 0 Å². The first-order chi connectivity index (χ1) is 25.3. The number of hydrogen-bond acceptors (Lipinski definition) is 6. The number of esters is 1. The highest BCUT2D eigenvalue weighted by Gasteiger charge is 2.19. The second kappa shape index (κ2) is 37.1. The van der Waals surface area contributed by atoms with E-state index < -0.39 is 24.5 Å². The van der Waals surface area contributed by atoms with Crippen LogP contribution in [-0.4, -0.2) is 59.3 Å². The molecule has 0 bridgehead atoms. The number of carbonyl (C=O) groups excluding carboxylic acids is 3. The molecule has 9 nitrogen and oxygen atoms in total. The van der Waals surface area contributed by atoms with Crippen molar-refractivity contribution >= 4 is 23.8 Å². The molecule has 294 valence electrons. The Morgan fingerprint density at radius 1 is 0.596 bits per heavy atom. The lowest BCUT2D eigenvalue weighted by Gasteiger charge is -2.18. The van der Waals surface area contributed by atoms with Gasteiger partial charge < -0.3 is 25.6 Å². The SMILES string of the molecule is CC/C=C\C/C=C\C/C=C\C/C=C\C/C=C\C/C=C\CCCCCCC(=O)OC(CCCCC)CCCCCC(=O)NCC(=O)NC(CO)C(=O)O. The summed E-state index contributed by atoms with van der Waals surface area (Å²) < 4.78 is 5.85. The van der Waals surface area contributed by atoms with Crippen molar-refractivity contribution in [2.45, 2.75) is 161 Å². The van der Waals surface area contributed by atoms with E-state index in [2.05, 4.69) is 97.4 Å². The molecule has 0 saturated carbocycles. The Morgan fingerprint density at radius 2 is 1.10 bits per heavy atom. The number of carboxylic acid groups (broad SMARTS) is 1. The molecule has 0 radical (unpaired) electrons. The molecule has 52 heavy (non-hydrogen) atoms. The Hall–Kier alpha value is -3.72. The number of nitrogens with one attached hydrogen (secondary N) is 2. The van der Waals surface area contributed by atoms with Crippen LogP contribution in [0.25, 0.3) is 0 Å². The van der Waals surface area contributed by atoms with Crippen molar-refractivity contribution < 1.29 is 34.1 Å². The number of hydrogen-bond donors (Lipinski definition) is 4. The minimum atomic E-state index is -1.40. The number of ether oxygens (including phenoxy) is 1. The molecule has 0 rings (SSSR count). The van der Waals surface area contributed by atoms with E-state index >= 15 is 0 Å². The Labute approximate surface area is 314 Å². The molecular weight excluding hydrogens is 656 g/mol. The molecule has 0 spiro atoms. The van der Waals surface area contributed by atoms with Crippen molar-refractivity contribution in [3.05, 3.63) is 72.9 Å². The average molecular weight is 727 g/mol. The van der Waals surface area contributed by atoms with Gasteiger partial charge in [0.15, 0.2) is 0 Å². The third-order valence-corrected chi connectivity index (χ3v) is 8.22. The summed E-state index contributed by atoms with van der Waals surface area (Å²) in [5, 5.41) is 22.4. The topological polar surface area (TPSA) is 142 Å². The minimum Gasteiger partial charge on any atom is -0.480 e. The summed E-state index contributed by atoms with van der Waals surface area (Å²) in [5.41, 5.74) is 0. The zero-order valence-corrected chi connectivity index (χ0v) is 32.3. The van der Waals surface area contributed by atoms with E-state index in [0.717, 1.165) is 116 Å². The second-order valence-corrected chi connectivity index (χ2v) is 13.0. The molecule has 0 aromatic heterocycles. The van der Waals surface area contributed by atoms with Gasteiger partial charge in [0.25, 0.3) is 0 Å². The standard InChI is InChI=1S/C43H70N2O7/c1-3-5-7-8-9-10-11-12-13-14-15-16-17-18-19-20-21-22-23-24-25-26-31-35-42(49)52-38(32-28-6-4-2)33-29-27-30-34-40(47)44-36-41(48)45-39(37-46)43(50)51/h5,7,9-10,12-13,15-16,18-19,21-22,38-39,46H,3-4,6,8,11,14,17,20,23-37H2,1-2H3,(H,44,47)(H,45,48)(H,50,51)/b7-5-,10-9-,13-12-,16-15-,19-18-,22-21-. The molecule has 9 heteroatoms. The summed E-state index contributed by atoms with van der Waals surface area (Å²) >= 11 is 0. The third kappa shape index (κ3) is 33.4. The van der Waals surface area contributed by atoms with Crippen molar-refractivity contribution in [2.24, 2.45) is 0 Å². The Morgan fingerprint density at radius 3 is 1.63 bits per heavy atom. The molecule has 4 N–H and O–H groups in total. The van der Waals surface area contributed by atoms with Crippen LogP contribution in [0.5, 0.6) is 0 Å². The first-order valence-electron chi connectivity index (χ1n) is 19.8. The fourth-order valence-electron chi connectivity index (χ4n) is 5.19. The summed E-state index contributed by atoms with van der Waals surface area (Å²) in [6, 6.07) is -1.40. The molecule has 0 aromatic carbocycles. The first-order valence-corrected chi connectivity index (χ1v) is 19.8. The second-order valence-electron chi connectivity index (χ2n) is 13.0. The predicted molar refractivity (Wildman–Crippen MR) is 213 cm³/mol. The highest BCUT2D eigenvalue weighted by atomic mass is 16.5. The van der Waals surface area contributed by atoms with Crippen LogP contribution in [0, 0.1) is 0 Å². The smallest absolute Gasteiger partial charge is 0.328 e. The van der Waals surface area contributed by atoms with Gasteiger partial charge >= 0.3 is 11.9 Å². The molecule has 0 aliphatic carbocycles. The number of aliphatic hydroxyl groups excluding tert-OH is 1. The van der Waals surface area contributed by atoms with E-state index in [1.54, 1.807) is 0 Å². The molecule has 0 heterocycles. The Kier molecular flexibility index (Phi) is 34.4.